The fourth-order valence-corrected chi connectivity index (χ4v) is 2.38. The van der Waals surface area contributed by atoms with Gasteiger partial charge in [-0.2, -0.15) is 14.7 Å². The molecule has 0 aliphatic rings. The van der Waals surface area contributed by atoms with E-state index in [0.29, 0.717) is 11.0 Å². The molecule has 0 saturated heterocycles. The van der Waals surface area contributed by atoms with Crippen LogP contribution in [0.1, 0.15) is 23.7 Å². The Morgan fingerprint density at radius 1 is 1.15 bits per heavy atom. The number of nitrogens with zero attached hydrogens (tertiary/aromatic N) is 6. The van der Waals surface area contributed by atoms with Crippen LogP contribution in [0.25, 0.3) is 17.2 Å². The molecule has 0 bridgehead atoms. The number of hydrogen-bond donors (Lipinski definition) is 0. The molecule has 0 unspecified atom stereocenters. The summed E-state index contributed by atoms with van der Waals surface area (Å²) in [5.41, 5.74) is 4.52. The summed E-state index contributed by atoms with van der Waals surface area (Å²) in [5, 5.41) is 17.7. The Kier molecular flexibility index (Phi) is 2.97. The van der Waals surface area contributed by atoms with E-state index < -0.39 is 0 Å². The Morgan fingerprint density at radius 3 is 2.55 bits per heavy atom. The van der Waals surface area contributed by atoms with Crippen LogP contribution >= 0.6 is 11.6 Å². The summed E-state index contributed by atoms with van der Waals surface area (Å²) in [6.45, 7) is 5.96. The van der Waals surface area contributed by atoms with Gasteiger partial charge in [-0.25, -0.2) is 0 Å². The normalized spacial score (nSPS) is 11.4. The molecule has 0 radical (unpaired) electrons. The van der Waals surface area contributed by atoms with Gasteiger partial charge in [0.05, 0.1) is 5.69 Å². The predicted molar refractivity (Wildman–Crippen MR) is 76.8 cm³/mol. The Labute approximate surface area is 121 Å². The number of rotatable bonds is 2. The summed E-state index contributed by atoms with van der Waals surface area (Å²) in [6.07, 6.45) is 0.872. The van der Waals surface area contributed by atoms with Crippen LogP contribution in [0.15, 0.2) is 6.07 Å². The third kappa shape index (κ3) is 1.79. The molecular formula is C13H15ClN6. The SMILES string of the molecule is CCc1cc(-c2nnc3c(C)c(C)c(Cl)nn23)n(C)n1. The second kappa shape index (κ2) is 4.56. The second-order valence-electron chi connectivity index (χ2n) is 4.80. The number of fused-ring (bicyclic) bond motifs is 1. The van der Waals surface area contributed by atoms with Gasteiger partial charge < -0.3 is 0 Å². The molecule has 0 saturated carbocycles. The van der Waals surface area contributed by atoms with Crippen LogP contribution in [0, 0.1) is 13.8 Å². The van der Waals surface area contributed by atoms with Crippen molar-refractivity contribution in [2.24, 2.45) is 7.05 Å². The first kappa shape index (κ1) is 13.1. The molecule has 3 aromatic rings. The maximum atomic E-state index is 6.17. The highest BCUT2D eigenvalue weighted by atomic mass is 35.5. The lowest BCUT2D eigenvalue weighted by Crippen LogP contribution is -2.02. The molecule has 0 amide bonds. The standard InChI is InChI=1S/C13H15ClN6/c1-5-9-6-10(19(4)17-9)13-16-15-12-8(3)7(2)11(14)18-20(12)13/h6H,5H2,1-4H3. The summed E-state index contributed by atoms with van der Waals surface area (Å²) in [5.74, 6) is 0.653. The summed E-state index contributed by atoms with van der Waals surface area (Å²) in [7, 11) is 1.89. The fraction of sp³-hybridized carbons (Fsp3) is 0.385. The van der Waals surface area contributed by atoms with Gasteiger partial charge in [0.1, 0.15) is 5.69 Å². The molecule has 0 N–H and O–H groups in total. The van der Waals surface area contributed by atoms with Crippen LogP contribution < -0.4 is 0 Å². The van der Waals surface area contributed by atoms with Crippen LogP contribution in [0.2, 0.25) is 5.15 Å². The van der Waals surface area contributed by atoms with Crippen molar-refractivity contribution in [3.05, 3.63) is 28.0 Å². The molecule has 0 spiro atoms. The average molecular weight is 291 g/mol. The van der Waals surface area contributed by atoms with Gasteiger partial charge in [0.25, 0.3) is 0 Å². The smallest absolute Gasteiger partial charge is 0.203 e. The van der Waals surface area contributed by atoms with E-state index >= 15 is 0 Å². The minimum Gasteiger partial charge on any atom is -0.264 e. The summed E-state index contributed by atoms with van der Waals surface area (Å²) in [4.78, 5) is 0. The highest BCUT2D eigenvalue weighted by Crippen LogP contribution is 2.24. The van der Waals surface area contributed by atoms with Gasteiger partial charge in [-0.15, -0.1) is 10.2 Å². The predicted octanol–water partition coefficient (Wildman–Crippen LogP) is 2.36. The van der Waals surface area contributed by atoms with Gasteiger partial charge in [0.15, 0.2) is 10.8 Å². The van der Waals surface area contributed by atoms with Crippen LogP contribution in [-0.4, -0.2) is 29.6 Å². The van der Waals surface area contributed by atoms with Crippen molar-refractivity contribution in [3.63, 3.8) is 0 Å². The first-order chi connectivity index (χ1) is 9.52. The second-order valence-corrected chi connectivity index (χ2v) is 5.16. The van der Waals surface area contributed by atoms with Gasteiger partial charge in [-0.3, -0.25) is 4.68 Å². The Bertz CT molecular complexity index is 801. The molecule has 6 nitrogen and oxygen atoms in total. The van der Waals surface area contributed by atoms with E-state index in [1.807, 2.05) is 27.0 Å². The third-order valence-electron chi connectivity index (χ3n) is 3.56. The van der Waals surface area contributed by atoms with Crippen LogP contribution in [0.5, 0.6) is 0 Å². The zero-order valence-electron chi connectivity index (χ0n) is 11.8. The Morgan fingerprint density at radius 2 is 1.90 bits per heavy atom. The Balaban J connectivity index is 2.29. The van der Waals surface area contributed by atoms with Gasteiger partial charge in [-0.05, 0) is 31.9 Å². The first-order valence-electron chi connectivity index (χ1n) is 6.44. The van der Waals surface area contributed by atoms with Crippen molar-refractivity contribution in [2.75, 3.05) is 0 Å². The van der Waals surface area contributed by atoms with Crippen LogP contribution in [-0.2, 0) is 13.5 Å². The quantitative estimate of drug-likeness (QED) is 0.727. The van der Waals surface area contributed by atoms with E-state index in [-0.39, 0.29) is 0 Å². The van der Waals surface area contributed by atoms with Crippen molar-refractivity contribution >= 4 is 17.2 Å². The number of aryl methyl sites for hydroxylation is 3. The van der Waals surface area contributed by atoms with E-state index in [1.165, 1.54) is 0 Å². The zero-order chi connectivity index (χ0) is 14.4. The largest absolute Gasteiger partial charge is 0.264 e. The Hall–Kier alpha value is -1.95. The molecule has 104 valence electrons. The van der Waals surface area contributed by atoms with Gasteiger partial charge in [0, 0.05) is 12.6 Å². The summed E-state index contributed by atoms with van der Waals surface area (Å²) in [6, 6.07) is 2.00. The van der Waals surface area contributed by atoms with Crippen molar-refractivity contribution in [2.45, 2.75) is 27.2 Å². The van der Waals surface area contributed by atoms with E-state index in [1.54, 1.807) is 9.20 Å². The van der Waals surface area contributed by atoms with Crippen molar-refractivity contribution < 1.29 is 0 Å². The lowest BCUT2D eigenvalue weighted by Gasteiger charge is -2.05. The van der Waals surface area contributed by atoms with Gasteiger partial charge in [-0.1, -0.05) is 18.5 Å². The number of halogens is 1. The average Bonchev–Trinajstić information content (AvgIpc) is 2.99. The minimum atomic E-state index is 0.467. The van der Waals surface area contributed by atoms with Gasteiger partial charge in [0.2, 0.25) is 5.82 Å². The van der Waals surface area contributed by atoms with Crippen molar-refractivity contribution in [3.8, 4) is 11.5 Å². The number of hydrogen-bond acceptors (Lipinski definition) is 4. The monoisotopic (exact) mass is 290 g/mol. The molecule has 0 aliphatic heterocycles. The fourth-order valence-electron chi connectivity index (χ4n) is 2.16. The third-order valence-corrected chi connectivity index (χ3v) is 3.92. The van der Waals surface area contributed by atoms with Gasteiger partial charge >= 0.3 is 0 Å². The molecule has 0 atom stereocenters. The summed E-state index contributed by atoms with van der Waals surface area (Å²) >= 11 is 6.17. The molecule has 3 aromatic heterocycles. The molecule has 20 heavy (non-hydrogen) atoms. The highest BCUT2D eigenvalue weighted by molar-refractivity contribution is 6.30. The number of aromatic nitrogens is 6. The van der Waals surface area contributed by atoms with Crippen LogP contribution in [0.3, 0.4) is 0 Å². The lowest BCUT2D eigenvalue weighted by atomic mass is 10.2. The van der Waals surface area contributed by atoms with E-state index in [2.05, 4.69) is 27.3 Å². The zero-order valence-corrected chi connectivity index (χ0v) is 12.6. The molecular weight excluding hydrogens is 276 g/mol. The van der Waals surface area contributed by atoms with E-state index in [0.717, 1.165) is 34.6 Å². The molecule has 3 rings (SSSR count). The lowest BCUT2D eigenvalue weighted by molar-refractivity contribution is 0.743. The van der Waals surface area contributed by atoms with E-state index in [9.17, 15) is 0 Å². The van der Waals surface area contributed by atoms with E-state index in [4.69, 9.17) is 11.6 Å². The summed E-state index contributed by atoms with van der Waals surface area (Å²) < 4.78 is 3.47. The maximum Gasteiger partial charge on any atom is 0.203 e. The maximum absolute atomic E-state index is 6.17. The molecule has 7 heteroatoms. The topological polar surface area (TPSA) is 60.9 Å². The minimum absolute atomic E-state index is 0.467. The van der Waals surface area contributed by atoms with Crippen LogP contribution in [0.4, 0.5) is 0 Å². The molecule has 0 fully saturated rings. The van der Waals surface area contributed by atoms with Crippen molar-refractivity contribution in [1.82, 2.24) is 29.6 Å². The van der Waals surface area contributed by atoms with Crippen molar-refractivity contribution in [1.29, 1.82) is 0 Å². The first-order valence-corrected chi connectivity index (χ1v) is 6.82. The molecule has 3 heterocycles. The molecule has 0 aliphatic carbocycles. The molecule has 0 aromatic carbocycles. The highest BCUT2D eigenvalue weighted by Gasteiger charge is 2.17.